The van der Waals surface area contributed by atoms with Gasteiger partial charge in [-0.2, -0.15) is 0 Å². The number of amides is 1. The molecular formula is C20H19F2N5O2. The average Bonchev–Trinajstić information content (AvgIpc) is 2.94. The lowest BCUT2D eigenvalue weighted by Gasteiger charge is -2.47. The van der Waals surface area contributed by atoms with Crippen LogP contribution in [0, 0.1) is 5.92 Å². The minimum Gasteiger partial charge on any atom is -0.490 e. The molecule has 3 atom stereocenters. The van der Waals surface area contributed by atoms with Crippen molar-refractivity contribution in [1.29, 1.82) is 0 Å². The molecule has 2 aromatic rings. The number of carbonyl (C=O) groups excluding carboxylic acids is 1. The third kappa shape index (κ3) is 2.53. The van der Waals surface area contributed by atoms with E-state index in [4.69, 9.17) is 10.5 Å². The Hall–Kier alpha value is -3.10. The molecule has 29 heavy (non-hydrogen) atoms. The van der Waals surface area contributed by atoms with Gasteiger partial charge in [0.1, 0.15) is 18.2 Å². The van der Waals surface area contributed by atoms with Gasteiger partial charge in [-0.05, 0) is 24.1 Å². The molecule has 1 spiro atoms. The zero-order valence-electron chi connectivity index (χ0n) is 15.7. The zero-order chi connectivity index (χ0) is 20.4. The molecule has 1 amide bonds. The molecule has 3 unspecified atom stereocenters. The van der Waals surface area contributed by atoms with Gasteiger partial charge in [0.25, 0.3) is 5.91 Å². The number of guanidine groups is 1. The van der Waals surface area contributed by atoms with Crippen LogP contribution in [-0.2, 0) is 10.3 Å². The van der Waals surface area contributed by atoms with Crippen LogP contribution in [0.1, 0.15) is 24.8 Å². The van der Waals surface area contributed by atoms with E-state index in [0.29, 0.717) is 11.3 Å². The number of aromatic nitrogens is 2. The van der Waals surface area contributed by atoms with E-state index in [1.54, 1.807) is 24.5 Å². The zero-order valence-corrected chi connectivity index (χ0v) is 15.7. The lowest BCUT2D eigenvalue weighted by Crippen LogP contribution is -2.56. The Bertz CT molecular complexity index is 1030. The summed E-state index contributed by atoms with van der Waals surface area (Å²) in [4.78, 5) is 27.1. The molecule has 0 radical (unpaired) electrons. The van der Waals surface area contributed by atoms with Gasteiger partial charge >= 0.3 is 0 Å². The van der Waals surface area contributed by atoms with Gasteiger partial charge in [-0.15, -0.1) is 0 Å². The summed E-state index contributed by atoms with van der Waals surface area (Å²) in [6.45, 7) is 0. The van der Waals surface area contributed by atoms with Crippen LogP contribution in [-0.4, -0.2) is 45.8 Å². The van der Waals surface area contributed by atoms with Crippen molar-refractivity contribution in [1.82, 2.24) is 14.9 Å². The van der Waals surface area contributed by atoms with Crippen LogP contribution < -0.4 is 10.5 Å². The summed E-state index contributed by atoms with van der Waals surface area (Å²) in [5.41, 5.74) is 6.38. The van der Waals surface area contributed by atoms with Crippen LogP contribution in [0.4, 0.5) is 8.78 Å². The SMILES string of the molecule is CN1C(=O)C2(N=C1N)c1cc(-c3cncnc3)ccc1OC1CCC(F)(F)CC12. The van der Waals surface area contributed by atoms with E-state index >= 15 is 0 Å². The number of nitrogens with two attached hydrogens (primary N) is 1. The van der Waals surface area contributed by atoms with Crippen molar-refractivity contribution in [3.8, 4) is 16.9 Å². The van der Waals surface area contributed by atoms with Gasteiger partial charge in [-0.3, -0.25) is 9.69 Å². The highest BCUT2D eigenvalue weighted by Gasteiger charge is 2.63. The van der Waals surface area contributed by atoms with Crippen molar-refractivity contribution < 1.29 is 18.3 Å². The quantitative estimate of drug-likeness (QED) is 0.794. The fraction of sp³-hybridized carbons (Fsp3) is 0.400. The number of ether oxygens (including phenoxy) is 1. The molecule has 9 heteroatoms. The molecule has 2 aliphatic heterocycles. The van der Waals surface area contributed by atoms with Gasteiger partial charge < -0.3 is 10.5 Å². The first-order chi connectivity index (χ1) is 13.8. The van der Waals surface area contributed by atoms with Crippen molar-refractivity contribution in [2.24, 2.45) is 16.6 Å². The third-order valence-electron chi connectivity index (χ3n) is 6.13. The largest absolute Gasteiger partial charge is 0.490 e. The molecule has 0 bridgehead atoms. The second-order valence-corrected chi connectivity index (χ2v) is 7.80. The molecule has 3 heterocycles. The molecule has 1 fully saturated rings. The van der Waals surface area contributed by atoms with Crippen LogP contribution in [0.2, 0.25) is 0 Å². The summed E-state index contributed by atoms with van der Waals surface area (Å²) >= 11 is 0. The number of halogens is 2. The third-order valence-corrected chi connectivity index (χ3v) is 6.13. The summed E-state index contributed by atoms with van der Waals surface area (Å²) in [7, 11) is 1.51. The van der Waals surface area contributed by atoms with Crippen LogP contribution in [0.15, 0.2) is 41.9 Å². The molecule has 7 nitrogen and oxygen atoms in total. The normalized spacial score (nSPS) is 29.8. The highest BCUT2D eigenvalue weighted by atomic mass is 19.3. The number of aliphatic imine (C=N–C) groups is 1. The lowest BCUT2D eigenvalue weighted by atomic mass is 9.66. The van der Waals surface area contributed by atoms with Gasteiger partial charge in [-0.25, -0.2) is 23.7 Å². The molecule has 1 aliphatic carbocycles. The predicted molar refractivity (Wildman–Crippen MR) is 100 cm³/mol. The number of hydrogen-bond donors (Lipinski definition) is 1. The molecule has 0 saturated heterocycles. The minimum atomic E-state index is -2.88. The second kappa shape index (κ2) is 5.95. The smallest absolute Gasteiger partial charge is 0.262 e. The number of likely N-dealkylation sites (N-methyl/N-ethyl adjacent to an activating group) is 1. The Labute approximate surface area is 165 Å². The number of nitrogens with zero attached hydrogens (tertiary/aromatic N) is 4. The molecule has 1 aromatic heterocycles. The van der Waals surface area contributed by atoms with E-state index in [1.165, 1.54) is 18.3 Å². The second-order valence-electron chi connectivity index (χ2n) is 7.80. The predicted octanol–water partition coefficient (Wildman–Crippen LogP) is 2.32. The number of rotatable bonds is 1. The molecule has 2 N–H and O–H groups in total. The first-order valence-electron chi connectivity index (χ1n) is 9.40. The Morgan fingerprint density at radius 1 is 1.24 bits per heavy atom. The maximum Gasteiger partial charge on any atom is 0.262 e. The first-order valence-corrected chi connectivity index (χ1v) is 9.40. The Morgan fingerprint density at radius 3 is 2.69 bits per heavy atom. The fourth-order valence-corrected chi connectivity index (χ4v) is 4.67. The maximum atomic E-state index is 14.4. The van der Waals surface area contributed by atoms with Crippen molar-refractivity contribution in [2.75, 3.05) is 7.05 Å². The van der Waals surface area contributed by atoms with Gasteiger partial charge in [0, 0.05) is 49.3 Å². The number of fused-ring (bicyclic) bond motifs is 4. The van der Waals surface area contributed by atoms with Gasteiger partial charge in [0.15, 0.2) is 11.5 Å². The van der Waals surface area contributed by atoms with Gasteiger partial charge in [0.2, 0.25) is 5.92 Å². The van der Waals surface area contributed by atoms with Crippen LogP contribution in [0.5, 0.6) is 5.75 Å². The van der Waals surface area contributed by atoms with E-state index in [2.05, 4.69) is 15.0 Å². The summed E-state index contributed by atoms with van der Waals surface area (Å²) in [5, 5.41) is 0. The summed E-state index contributed by atoms with van der Waals surface area (Å²) in [5.74, 6) is -3.61. The average molecular weight is 399 g/mol. The maximum absolute atomic E-state index is 14.4. The van der Waals surface area contributed by atoms with Crippen LogP contribution in [0.3, 0.4) is 0 Å². The number of hydrogen-bond acceptors (Lipinski definition) is 6. The van der Waals surface area contributed by atoms with Gasteiger partial charge in [0.05, 0.1) is 0 Å². The monoisotopic (exact) mass is 399 g/mol. The highest BCUT2D eigenvalue weighted by molar-refractivity contribution is 6.07. The lowest BCUT2D eigenvalue weighted by molar-refractivity contribution is -0.145. The molecular weight excluding hydrogens is 380 g/mol. The Balaban J connectivity index is 1.73. The van der Waals surface area contributed by atoms with Crippen molar-refractivity contribution in [3.05, 3.63) is 42.5 Å². The van der Waals surface area contributed by atoms with Crippen LogP contribution >= 0.6 is 0 Å². The highest BCUT2D eigenvalue weighted by Crippen LogP contribution is 2.56. The summed E-state index contributed by atoms with van der Waals surface area (Å²) < 4.78 is 34.8. The van der Waals surface area contributed by atoms with E-state index in [-0.39, 0.29) is 18.8 Å². The van der Waals surface area contributed by atoms with E-state index in [0.717, 1.165) is 11.1 Å². The summed E-state index contributed by atoms with van der Waals surface area (Å²) in [6.07, 6.45) is 3.57. The molecule has 3 aliphatic rings. The van der Waals surface area contributed by atoms with Gasteiger partial charge in [-0.1, -0.05) is 6.07 Å². The van der Waals surface area contributed by atoms with E-state index in [9.17, 15) is 13.6 Å². The van der Waals surface area contributed by atoms with E-state index < -0.39 is 35.8 Å². The molecule has 1 aromatic carbocycles. The van der Waals surface area contributed by atoms with E-state index in [1.807, 2.05) is 6.07 Å². The standard InChI is InChI=1S/C20H19F2N5O2/c1-27-17(28)20(26-18(27)23)13-6-11(12-8-24-10-25-9-12)2-3-15(13)29-16-4-5-19(21,22)7-14(16)20/h2-3,6,8-10,14,16H,4-5,7H2,1H3,(H2,23,26). The first kappa shape index (κ1) is 18.0. The molecule has 1 saturated carbocycles. The number of carbonyl (C=O) groups is 1. The number of benzene rings is 1. The summed E-state index contributed by atoms with van der Waals surface area (Å²) in [6, 6.07) is 5.34. The Kier molecular flexibility index (Phi) is 3.68. The minimum absolute atomic E-state index is 0.0175. The topological polar surface area (TPSA) is 93.7 Å². The van der Waals surface area contributed by atoms with Crippen molar-refractivity contribution >= 4 is 11.9 Å². The molecule has 5 rings (SSSR count). The number of alkyl halides is 2. The Morgan fingerprint density at radius 2 is 2.00 bits per heavy atom. The van der Waals surface area contributed by atoms with Crippen molar-refractivity contribution in [2.45, 2.75) is 36.8 Å². The van der Waals surface area contributed by atoms with Crippen molar-refractivity contribution in [3.63, 3.8) is 0 Å². The molecule has 150 valence electrons. The van der Waals surface area contributed by atoms with Crippen LogP contribution in [0.25, 0.3) is 11.1 Å². The fourth-order valence-electron chi connectivity index (χ4n) is 4.67.